The van der Waals surface area contributed by atoms with Crippen molar-refractivity contribution in [3.63, 3.8) is 0 Å². The third-order valence-electron chi connectivity index (χ3n) is 3.42. The SMILES string of the molecule is Cc1ccc2c(C)c[n+]3c(c2c1)CCC3. The van der Waals surface area contributed by atoms with Gasteiger partial charge in [0.2, 0.25) is 0 Å². The van der Waals surface area contributed by atoms with Crippen LogP contribution in [0.1, 0.15) is 23.2 Å². The maximum atomic E-state index is 2.43. The lowest BCUT2D eigenvalue weighted by molar-refractivity contribution is -0.689. The molecule has 15 heavy (non-hydrogen) atoms. The second-order valence-electron chi connectivity index (χ2n) is 4.60. The molecule has 0 bridgehead atoms. The van der Waals surface area contributed by atoms with Gasteiger partial charge in [0.1, 0.15) is 6.54 Å². The molecule has 0 unspecified atom stereocenters. The number of aryl methyl sites for hydroxylation is 4. The Labute approximate surface area is 90.4 Å². The highest BCUT2D eigenvalue weighted by molar-refractivity contribution is 5.87. The zero-order valence-corrected chi connectivity index (χ0v) is 9.38. The largest absolute Gasteiger partial charge is 0.202 e. The lowest BCUT2D eigenvalue weighted by Gasteiger charge is -2.04. The smallest absolute Gasteiger partial charge is 0.189 e. The standard InChI is InChI=1S/C14H16N/c1-10-5-6-12-11(2)9-15-7-3-4-14(15)13(12)8-10/h5-6,8-9H,3-4,7H2,1-2H3/q+1. The van der Waals surface area contributed by atoms with E-state index in [0.717, 1.165) is 0 Å². The maximum absolute atomic E-state index is 2.43. The number of benzene rings is 1. The first-order chi connectivity index (χ1) is 7.25. The molecule has 76 valence electrons. The minimum absolute atomic E-state index is 1.19. The summed E-state index contributed by atoms with van der Waals surface area (Å²) < 4.78 is 2.43. The van der Waals surface area contributed by atoms with Crippen LogP contribution >= 0.6 is 0 Å². The van der Waals surface area contributed by atoms with E-state index in [9.17, 15) is 0 Å². The lowest BCUT2D eigenvalue weighted by atomic mass is 10.0. The Balaban J connectivity index is 2.45. The number of hydrogen-bond acceptors (Lipinski definition) is 0. The van der Waals surface area contributed by atoms with Gasteiger partial charge in [-0.25, -0.2) is 4.57 Å². The van der Waals surface area contributed by atoms with Crippen LogP contribution in [0.5, 0.6) is 0 Å². The Morgan fingerprint density at radius 2 is 2.00 bits per heavy atom. The van der Waals surface area contributed by atoms with Gasteiger partial charge in [-0.1, -0.05) is 17.7 Å². The second kappa shape index (κ2) is 3.06. The van der Waals surface area contributed by atoms with Gasteiger partial charge >= 0.3 is 0 Å². The maximum Gasteiger partial charge on any atom is 0.189 e. The van der Waals surface area contributed by atoms with Gasteiger partial charge in [0.15, 0.2) is 11.9 Å². The molecule has 1 aromatic heterocycles. The molecule has 0 radical (unpaired) electrons. The van der Waals surface area contributed by atoms with Gasteiger partial charge in [0, 0.05) is 23.8 Å². The summed E-state index contributed by atoms with van der Waals surface area (Å²) in [6, 6.07) is 6.81. The normalized spacial score (nSPS) is 14.5. The van der Waals surface area contributed by atoms with E-state index in [-0.39, 0.29) is 0 Å². The fourth-order valence-electron chi connectivity index (χ4n) is 2.67. The summed E-state index contributed by atoms with van der Waals surface area (Å²) in [4.78, 5) is 0. The van der Waals surface area contributed by atoms with Gasteiger partial charge in [0.05, 0.1) is 0 Å². The number of rotatable bonds is 0. The molecule has 0 aliphatic carbocycles. The van der Waals surface area contributed by atoms with Gasteiger partial charge in [-0.15, -0.1) is 0 Å². The predicted octanol–water partition coefficient (Wildman–Crippen LogP) is 2.69. The Morgan fingerprint density at radius 1 is 1.13 bits per heavy atom. The Kier molecular flexibility index (Phi) is 1.82. The summed E-state index contributed by atoms with van der Waals surface area (Å²) >= 11 is 0. The Bertz CT molecular complexity index is 541. The molecule has 0 atom stereocenters. The first-order valence-electron chi connectivity index (χ1n) is 5.68. The van der Waals surface area contributed by atoms with E-state index in [0.29, 0.717) is 0 Å². The lowest BCUT2D eigenvalue weighted by Crippen LogP contribution is -2.33. The fraction of sp³-hybridized carbons (Fsp3) is 0.357. The van der Waals surface area contributed by atoms with Crippen molar-refractivity contribution >= 4 is 10.8 Å². The van der Waals surface area contributed by atoms with Crippen LogP contribution in [0.25, 0.3) is 10.8 Å². The summed E-state index contributed by atoms with van der Waals surface area (Å²) in [5, 5.41) is 2.89. The van der Waals surface area contributed by atoms with E-state index in [2.05, 4.69) is 42.8 Å². The van der Waals surface area contributed by atoms with Crippen LogP contribution in [-0.4, -0.2) is 0 Å². The van der Waals surface area contributed by atoms with E-state index in [4.69, 9.17) is 0 Å². The van der Waals surface area contributed by atoms with Crippen LogP contribution in [-0.2, 0) is 13.0 Å². The first-order valence-corrected chi connectivity index (χ1v) is 5.68. The molecule has 3 rings (SSSR count). The second-order valence-corrected chi connectivity index (χ2v) is 4.60. The van der Waals surface area contributed by atoms with Crippen LogP contribution in [0, 0.1) is 13.8 Å². The van der Waals surface area contributed by atoms with Crippen LogP contribution in [0.15, 0.2) is 24.4 Å². The number of hydrogen-bond donors (Lipinski definition) is 0. The van der Waals surface area contributed by atoms with E-state index < -0.39 is 0 Å². The molecular formula is C14H16N+. The highest BCUT2D eigenvalue weighted by Gasteiger charge is 2.22. The molecule has 2 aromatic rings. The van der Waals surface area contributed by atoms with Crippen LogP contribution in [0.4, 0.5) is 0 Å². The van der Waals surface area contributed by atoms with Crippen molar-refractivity contribution in [2.24, 2.45) is 0 Å². The number of nitrogens with zero attached hydrogens (tertiary/aromatic N) is 1. The minimum Gasteiger partial charge on any atom is -0.202 e. The molecule has 2 heterocycles. The third kappa shape index (κ3) is 1.26. The zero-order chi connectivity index (χ0) is 10.4. The van der Waals surface area contributed by atoms with Gasteiger partial charge in [-0.05, 0) is 25.3 Å². The molecule has 1 nitrogen and oxygen atoms in total. The summed E-state index contributed by atoms with van der Waals surface area (Å²) in [6.07, 6.45) is 4.84. The molecule has 0 N–H and O–H groups in total. The summed E-state index contributed by atoms with van der Waals surface area (Å²) in [7, 11) is 0. The molecule has 1 heteroatoms. The average molecular weight is 198 g/mol. The topological polar surface area (TPSA) is 3.88 Å². The van der Waals surface area contributed by atoms with E-state index in [1.54, 1.807) is 0 Å². The van der Waals surface area contributed by atoms with Crippen LogP contribution < -0.4 is 4.57 Å². The monoisotopic (exact) mass is 198 g/mol. The molecule has 0 spiro atoms. The summed E-state index contributed by atoms with van der Waals surface area (Å²) in [5.41, 5.74) is 4.29. The average Bonchev–Trinajstić information content (AvgIpc) is 2.65. The van der Waals surface area contributed by atoms with E-state index in [1.807, 2.05) is 0 Å². The highest BCUT2D eigenvalue weighted by atomic mass is 15.0. The molecule has 0 saturated carbocycles. The first kappa shape index (κ1) is 8.90. The van der Waals surface area contributed by atoms with E-state index in [1.165, 1.54) is 47.0 Å². The third-order valence-corrected chi connectivity index (χ3v) is 3.42. The molecule has 1 aliphatic heterocycles. The van der Waals surface area contributed by atoms with Crippen molar-refractivity contribution in [3.8, 4) is 0 Å². The Hall–Kier alpha value is -1.37. The van der Waals surface area contributed by atoms with Gasteiger partial charge in [0.25, 0.3) is 0 Å². The molecule has 0 amide bonds. The summed E-state index contributed by atoms with van der Waals surface area (Å²) in [5.74, 6) is 0. The quantitative estimate of drug-likeness (QED) is 0.573. The molecule has 0 fully saturated rings. The van der Waals surface area contributed by atoms with Crippen LogP contribution in [0.3, 0.4) is 0 Å². The van der Waals surface area contributed by atoms with Crippen molar-refractivity contribution in [1.82, 2.24) is 0 Å². The molecule has 0 saturated heterocycles. The number of fused-ring (bicyclic) bond motifs is 3. The Morgan fingerprint density at radius 3 is 2.87 bits per heavy atom. The van der Waals surface area contributed by atoms with Crippen molar-refractivity contribution in [1.29, 1.82) is 0 Å². The van der Waals surface area contributed by atoms with Gasteiger partial charge < -0.3 is 0 Å². The van der Waals surface area contributed by atoms with Gasteiger partial charge in [-0.2, -0.15) is 0 Å². The molecule has 1 aromatic carbocycles. The zero-order valence-electron chi connectivity index (χ0n) is 9.38. The molecule has 1 aliphatic rings. The molecular weight excluding hydrogens is 182 g/mol. The van der Waals surface area contributed by atoms with Crippen molar-refractivity contribution in [2.45, 2.75) is 33.2 Å². The van der Waals surface area contributed by atoms with Crippen molar-refractivity contribution < 1.29 is 4.57 Å². The summed E-state index contributed by atoms with van der Waals surface area (Å²) in [6.45, 7) is 5.58. The van der Waals surface area contributed by atoms with Crippen molar-refractivity contribution in [3.05, 3.63) is 41.2 Å². The van der Waals surface area contributed by atoms with Crippen molar-refractivity contribution in [2.75, 3.05) is 0 Å². The van der Waals surface area contributed by atoms with Gasteiger partial charge in [-0.3, -0.25) is 0 Å². The minimum atomic E-state index is 1.19. The fourth-order valence-corrected chi connectivity index (χ4v) is 2.67. The predicted molar refractivity (Wildman–Crippen MR) is 61.9 cm³/mol. The number of aromatic nitrogens is 1. The van der Waals surface area contributed by atoms with E-state index >= 15 is 0 Å². The van der Waals surface area contributed by atoms with Crippen LogP contribution in [0.2, 0.25) is 0 Å². The highest BCUT2D eigenvalue weighted by Crippen LogP contribution is 2.24. The number of pyridine rings is 1.